The van der Waals surface area contributed by atoms with E-state index >= 15 is 0 Å². The van der Waals surface area contributed by atoms with E-state index in [1.807, 2.05) is 56.3 Å². The number of aryl methyl sites for hydroxylation is 1. The summed E-state index contributed by atoms with van der Waals surface area (Å²) >= 11 is 0. The van der Waals surface area contributed by atoms with Gasteiger partial charge in [-0.05, 0) is 79.1 Å². The average molecular weight is 530 g/mol. The van der Waals surface area contributed by atoms with Crippen LogP contribution in [0.3, 0.4) is 0 Å². The second-order valence-corrected chi connectivity index (χ2v) is 13.2. The van der Waals surface area contributed by atoms with Crippen molar-refractivity contribution in [1.82, 2.24) is 15.0 Å². The van der Waals surface area contributed by atoms with Gasteiger partial charge in [0.1, 0.15) is 17.8 Å². The molecule has 1 amide bonds. The van der Waals surface area contributed by atoms with Crippen molar-refractivity contribution in [2.24, 2.45) is 5.92 Å². The number of nitrogens with zero attached hydrogens (tertiary/aromatic N) is 2. The predicted octanol–water partition coefficient (Wildman–Crippen LogP) is 5.38. The van der Waals surface area contributed by atoms with Crippen LogP contribution < -0.4 is 10.6 Å². The van der Waals surface area contributed by atoms with E-state index in [9.17, 15) is 13.2 Å². The second-order valence-electron chi connectivity index (χ2n) is 11.2. The number of sulfone groups is 1. The summed E-state index contributed by atoms with van der Waals surface area (Å²) < 4.78 is 25.5. The van der Waals surface area contributed by atoms with Gasteiger partial charge in [0.15, 0.2) is 9.84 Å². The molecule has 4 aromatic rings. The number of fused-ring (bicyclic) bond motifs is 3. The van der Waals surface area contributed by atoms with Crippen molar-refractivity contribution in [2.45, 2.75) is 56.9 Å². The zero-order valence-electron chi connectivity index (χ0n) is 21.9. The summed E-state index contributed by atoms with van der Waals surface area (Å²) in [6, 6.07) is 13.7. The fraction of sp³-hybridized carbons (Fsp3) is 0.345. The second kappa shape index (κ2) is 8.66. The van der Waals surface area contributed by atoms with E-state index in [0.717, 1.165) is 45.4 Å². The maximum absolute atomic E-state index is 12.7. The molecule has 0 bridgehead atoms. The number of aromatic nitrogens is 3. The Kier molecular flexibility index (Phi) is 5.61. The normalized spacial score (nSPS) is 18.2. The molecular formula is C29H31N5O3S. The third kappa shape index (κ3) is 3.96. The lowest BCUT2D eigenvalue weighted by atomic mass is 9.85. The lowest BCUT2D eigenvalue weighted by Gasteiger charge is -2.26. The van der Waals surface area contributed by atoms with Gasteiger partial charge >= 0.3 is 0 Å². The molecule has 8 nitrogen and oxygen atoms in total. The van der Waals surface area contributed by atoms with Gasteiger partial charge in [-0.25, -0.2) is 18.4 Å². The summed E-state index contributed by atoms with van der Waals surface area (Å²) in [5.74, 6) is 1.04. The van der Waals surface area contributed by atoms with Gasteiger partial charge in [-0.15, -0.1) is 0 Å². The highest BCUT2D eigenvalue weighted by Gasteiger charge is 2.38. The number of hydrogen-bond acceptors (Lipinski definition) is 6. The lowest BCUT2D eigenvalue weighted by Crippen LogP contribution is -2.26. The van der Waals surface area contributed by atoms with Crippen LogP contribution in [-0.4, -0.2) is 35.0 Å². The van der Waals surface area contributed by atoms with Crippen LogP contribution in [0.1, 0.15) is 56.8 Å². The fourth-order valence-corrected chi connectivity index (χ4v) is 7.18. The van der Waals surface area contributed by atoms with Crippen molar-refractivity contribution in [1.29, 1.82) is 0 Å². The molecule has 2 aliphatic heterocycles. The van der Waals surface area contributed by atoms with E-state index in [2.05, 4.69) is 39.4 Å². The maximum atomic E-state index is 12.7. The average Bonchev–Trinajstić information content (AvgIpc) is 3.41. The van der Waals surface area contributed by atoms with Crippen LogP contribution in [0.5, 0.6) is 0 Å². The minimum Gasteiger partial charge on any atom is -0.362 e. The smallest absolute Gasteiger partial charge is 0.234 e. The first-order valence-electron chi connectivity index (χ1n) is 13.0. The summed E-state index contributed by atoms with van der Waals surface area (Å²) in [7, 11) is -3.26. The molecule has 0 saturated carbocycles. The van der Waals surface area contributed by atoms with Crippen LogP contribution in [-0.2, 0) is 26.5 Å². The number of amides is 1. The van der Waals surface area contributed by atoms with Gasteiger partial charge in [-0.1, -0.05) is 32.0 Å². The molecule has 0 aliphatic carbocycles. The first-order valence-corrected chi connectivity index (χ1v) is 14.6. The maximum Gasteiger partial charge on any atom is 0.234 e. The summed E-state index contributed by atoms with van der Waals surface area (Å²) in [4.78, 5) is 25.3. The van der Waals surface area contributed by atoms with E-state index in [4.69, 9.17) is 0 Å². The lowest BCUT2D eigenvalue weighted by molar-refractivity contribution is -0.119. The number of carbonyl (C=O) groups excluding carboxylic acids is 1. The van der Waals surface area contributed by atoms with Gasteiger partial charge in [-0.3, -0.25) is 4.79 Å². The van der Waals surface area contributed by atoms with Crippen molar-refractivity contribution in [2.75, 3.05) is 16.4 Å². The van der Waals surface area contributed by atoms with Gasteiger partial charge in [0, 0.05) is 11.4 Å². The number of rotatable bonds is 5. The minimum atomic E-state index is -3.26. The molecule has 0 saturated heterocycles. The molecule has 38 heavy (non-hydrogen) atoms. The Morgan fingerprint density at radius 1 is 1.05 bits per heavy atom. The molecule has 0 unspecified atom stereocenters. The van der Waals surface area contributed by atoms with E-state index in [0.29, 0.717) is 22.8 Å². The van der Waals surface area contributed by atoms with Crippen molar-refractivity contribution < 1.29 is 13.2 Å². The third-order valence-corrected chi connectivity index (χ3v) is 9.73. The summed E-state index contributed by atoms with van der Waals surface area (Å²) in [5, 5.41) is 7.37. The number of hydrogen-bond donors (Lipinski definition) is 3. The van der Waals surface area contributed by atoms with Crippen LogP contribution in [0.4, 0.5) is 11.5 Å². The molecule has 9 heteroatoms. The zero-order chi connectivity index (χ0) is 26.8. The fourth-order valence-electron chi connectivity index (χ4n) is 5.55. The van der Waals surface area contributed by atoms with Crippen LogP contribution in [0, 0.1) is 5.92 Å². The SMILES string of the molecule is CC(C)[C@H](Nc1ncnc2[nH]c(-c3ccc4c(c3)C(C)(C)C(=O)N4)cc12)c1ccc2c(c1)S(=O)(=O)CCC2. The molecular weight excluding hydrogens is 498 g/mol. The van der Waals surface area contributed by atoms with E-state index in [1.54, 1.807) is 0 Å². The van der Waals surface area contributed by atoms with Crippen molar-refractivity contribution in [3.8, 4) is 11.3 Å². The molecule has 0 spiro atoms. The molecule has 2 aromatic carbocycles. The van der Waals surface area contributed by atoms with E-state index < -0.39 is 15.3 Å². The number of carbonyl (C=O) groups is 1. The summed E-state index contributed by atoms with van der Waals surface area (Å²) in [6.07, 6.45) is 2.98. The van der Waals surface area contributed by atoms with Crippen molar-refractivity contribution >= 4 is 38.3 Å². The Morgan fingerprint density at radius 2 is 1.87 bits per heavy atom. The van der Waals surface area contributed by atoms with E-state index in [-0.39, 0.29) is 23.6 Å². The predicted molar refractivity (Wildman–Crippen MR) is 149 cm³/mol. The Bertz CT molecular complexity index is 1700. The van der Waals surface area contributed by atoms with Crippen LogP contribution in [0.25, 0.3) is 22.3 Å². The third-order valence-electron chi connectivity index (χ3n) is 7.85. The Hall–Kier alpha value is -3.72. The highest BCUT2D eigenvalue weighted by atomic mass is 32.2. The summed E-state index contributed by atoms with van der Waals surface area (Å²) in [6.45, 7) is 8.06. The number of H-pyrrole nitrogens is 1. The standard InChI is InChI=1S/C29H31N5O3S/c1-16(2)25(19-8-7-17-6-5-11-38(36,37)24(17)13-19)34-27-20-14-23(32-26(20)30-15-31-27)18-9-10-22-21(12-18)29(3,4)28(35)33-22/h7-10,12-16,25H,5-6,11H2,1-4H3,(H,33,35)(H2,30,31,32,34)/t25-/m0/s1. The van der Waals surface area contributed by atoms with Crippen molar-refractivity contribution in [3.63, 3.8) is 0 Å². The Morgan fingerprint density at radius 3 is 2.66 bits per heavy atom. The van der Waals surface area contributed by atoms with Gasteiger partial charge in [0.25, 0.3) is 0 Å². The monoisotopic (exact) mass is 529 g/mol. The molecule has 196 valence electrons. The molecule has 2 aliphatic rings. The largest absolute Gasteiger partial charge is 0.362 e. The van der Waals surface area contributed by atoms with Gasteiger partial charge in [0.2, 0.25) is 5.91 Å². The summed E-state index contributed by atoms with van der Waals surface area (Å²) in [5.41, 5.74) is 5.55. The quantitative estimate of drug-likeness (QED) is 0.319. The number of aromatic amines is 1. The molecule has 0 fully saturated rings. The highest BCUT2D eigenvalue weighted by Crippen LogP contribution is 2.40. The number of benzene rings is 2. The van der Waals surface area contributed by atoms with Crippen LogP contribution in [0.15, 0.2) is 53.7 Å². The molecule has 1 atom stereocenters. The van der Waals surface area contributed by atoms with Gasteiger partial charge < -0.3 is 15.6 Å². The molecule has 3 N–H and O–H groups in total. The highest BCUT2D eigenvalue weighted by molar-refractivity contribution is 7.91. The number of anilines is 2. The van der Waals surface area contributed by atoms with Crippen molar-refractivity contribution in [3.05, 3.63) is 65.5 Å². The molecule has 0 radical (unpaired) electrons. The van der Waals surface area contributed by atoms with Crippen LogP contribution >= 0.6 is 0 Å². The van der Waals surface area contributed by atoms with Gasteiger partial charge in [-0.2, -0.15) is 0 Å². The Labute approximate surface area is 222 Å². The topological polar surface area (TPSA) is 117 Å². The first-order chi connectivity index (χ1) is 18.0. The number of nitrogens with one attached hydrogen (secondary N) is 3. The molecule has 2 aromatic heterocycles. The molecule has 4 heterocycles. The minimum absolute atomic E-state index is 0.00615. The van der Waals surface area contributed by atoms with Crippen LogP contribution in [0.2, 0.25) is 0 Å². The van der Waals surface area contributed by atoms with E-state index in [1.165, 1.54) is 6.33 Å². The first kappa shape index (κ1) is 24.6. The van der Waals surface area contributed by atoms with Gasteiger partial charge in [0.05, 0.1) is 27.5 Å². The zero-order valence-corrected chi connectivity index (χ0v) is 22.7. The Balaban J connectivity index is 1.37. The molecule has 6 rings (SSSR count).